The first-order valence-electron chi connectivity index (χ1n) is 13.4. The van der Waals surface area contributed by atoms with E-state index in [9.17, 15) is 24.6 Å². The molecule has 2 N–H and O–H groups in total. The number of aliphatic hydroxyl groups is 1. The Kier molecular flexibility index (Phi) is 6.72. The summed E-state index contributed by atoms with van der Waals surface area (Å²) in [5.74, 6) is 1.44. The number of Topliss-reactive ketones (excluding diaryl/α,β-unsaturated/α-hetero) is 1. The molecule has 0 heterocycles. The predicted molar refractivity (Wildman–Crippen MR) is 128 cm³/mol. The van der Waals surface area contributed by atoms with E-state index < -0.39 is 23.6 Å². The Morgan fingerprint density at radius 2 is 1.62 bits per heavy atom. The van der Waals surface area contributed by atoms with Crippen LogP contribution in [0.5, 0.6) is 0 Å². The second kappa shape index (κ2) is 8.90. The van der Waals surface area contributed by atoms with Crippen molar-refractivity contribution in [2.75, 3.05) is 0 Å². The van der Waals surface area contributed by atoms with Crippen molar-refractivity contribution >= 4 is 17.7 Å². The maximum absolute atomic E-state index is 12.4. The van der Waals surface area contributed by atoms with Crippen LogP contribution >= 0.6 is 0 Å². The first-order valence-corrected chi connectivity index (χ1v) is 13.4. The minimum atomic E-state index is -1.70. The molecule has 4 saturated carbocycles. The van der Waals surface area contributed by atoms with Crippen LogP contribution in [0.15, 0.2) is 0 Å². The zero-order valence-corrected chi connectivity index (χ0v) is 21.6. The van der Waals surface area contributed by atoms with Crippen molar-refractivity contribution in [1.29, 1.82) is 0 Å². The number of esters is 1. The molecule has 192 valence electrons. The molecule has 0 aromatic carbocycles. The summed E-state index contributed by atoms with van der Waals surface area (Å²) in [4.78, 5) is 36.2. The highest BCUT2D eigenvalue weighted by Gasteiger charge is 2.60. The van der Waals surface area contributed by atoms with Crippen LogP contribution in [0.3, 0.4) is 0 Å². The van der Waals surface area contributed by atoms with Gasteiger partial charge in [-0.2, -0.15) is 0 Å². The molecule has 0 aromatic heterocycles. The number of carbonyl (C=O) groups is 3. The van der Waals surface area contributed by atoms with Crippen LogP contribution in [0.4, 0.5) is 0 Å². The van der Waals surface area contributed by atoms with Crippen LogP contribution in [0.1, 0.15) is 98.8 Å². The van der Waals surface area contributed by atoms with Gasteiger partial charge in [0.05, 0.1) is 0 Å². The lowest BCUT2D eigenvalue weighted by Gasteiger charge is -2.61. The summed E-state index contributed by atoms with van der Waals surface area (Å²) in [5, 5.41) is 19.5. The highest BCUT2D eigenvalue weighted by atomic mass is 16.6. The van der Waals surface area contributed by atoms with Gasteiger partial charge in [-0.05, 0) is 125 Å². The van der Waals surface area contributed by atoms with E-state index in [1.165, 1.54) is 39.5 Å². The van der Waals surface area contributed by atoms with Gasteiger partial charge < -0.3 is 14.9 Å². The average molecular weight is 477 g/mol. The van der Waals surface area contributed by atoms with Gasteiger partial charge in [-0.1, -0.05) is 13.8 Å². The van der Waals surface area contributed by atoms with Crippen molar-refractivity contribution in [3.63, 3.8) is 0 Å². The highest BCUT2D eigenvalue weighted by Crippen LogP contribution is 2.68. The lowest BCUT2D eigenvalue weighted by molar-refractivity contribution is -0.178. The largest absolute Gasteiger partial charge is 0.479 e. The minimum Gasteiger partial charge on any atom is -0.479 e. The van der Waals surface area contributed by atoms with E-state index in [-0.39, 0.29) is 22.7 Å². The number of carboxylic acid groups (broad SMARTS) is 1. The molecule has 4 fully saturated rings. The van der Waals surface area contributed by atoms with E-state index in [2.05, 4.69) is 13.8 Å². The second-order valence-electron chi connectivity index (χ2n) is 13.1. The van der Waals surface area contributed by atoms with Crippen LogP contribution in [-0.4, -0.2) is 39.6 Å². The van der Waals surface area contributed by atoms with Gasteiger partial charge in [-0.25, -0.2) is 9.59 Å². The smallest absolute Gasteiger partial charge is 0.345 e. The van der Waals surface area contributed by atoms with Gasteiger partial charge in [0.15, 0.2) is 11.7 Å². The molecule has 6 heteroatoms. The molecule has 0 radical (unpaired) electrons. The molecule has 34 heavy (non-hydrogen) atoms. The molecule has 1 unspecified atom stereocenters. The van der Waals surface area contributed by atoms with Gasteiger partial charge in [0.2, 0.25) is 0 Å². The molecular formula is C28H44O6. The van der Waals surface area contributed by atoms with Crippen LogP contribution in [0.25, 0.3) is 0 Å². The molecule has 4 aliphatic rings. The zero-order chi connectivity index (χ0) is 25.1. The van der Waals surface area contributed by atoms with E-state index in [1.54, 1.807) is 6.92 Å². The minimum absolute atomic E-state index is 0.173. The molecule has 4 aliphatic carbocycles. The molecule has 0 saturated heterocycles. The summed E-state index contributed by atoms with van der Waals surface area (Å²) in [6.45, 7) is 9.29. The van der Waals surface area contributed by atoms with Crippen LogP contribution in [0, 0.1) is 46.3 Å². The van der Waals surface area contributed by atoms with Crippen molar-refractivity contribution in [1.82, 2.24) is 0 Å². The fraction of sp³-hybridized carbons (Fsp3) is 0.893. The van der Waals surface area contributed by atoms with Gasteiger partial charge in [-0.3, -0.25) is 4.79 Å². The van der Waals surface area contributed by atoms with Crippen LogP contribution in [-0.2, 0) is 19.1 Å². The third-order valence-electron chi connectivity index (χ3n) is 10.8. The maximum atomic E-state index is 12.4. The Morgan fingerprint density at radius 3 is 2.24 bits per heavy atom. The number of fused-ring (bicyclic) bond motifs is 5. The third-order valence-corrected chi connectivity index (χ3v) is 10.8. The van der Waals surface area contributed by atoms with Gasteiger partial charge in [0, 0.05) is 5.92 Å². The summed E-state index contributed by atoms with van der Waals surface area (Å²) in [7, 11) is 0. The summed E-state index contributed by atoms with van der Waals surface area (Å²) in [6, 6.07) is 0. The van der Waals surface area contributed by atoms with Gasteiger partial charge in [0.25, 0.3) is 0 Å². The van der Waals surface area contributed by atoms with Crippen LogP contribution in [0.2, 0.25) is 0 Å². The monoisotopic (exact) mass is 476 g/mol. The molecular weight excluding hydrogens is 432 g/mol. The van der Waals surface area contributed by atoms with Crippen molar-refractivity contribution in [2.45, 2.75) is 111 Å². The summed E-state index contributed by atoms with van der Waals surface area (Å²) < 4.78 is 5.20. The lowest BCUT2D eigenvalue weighted by atomic mass is 9.44. The molecule has 4 rings (SSSR count). The van der Waals surface area contributed by atoms with E-state index >= 15 is 0 Å². The van der Waals surface area contributed by atoms with E-state index in [0.717, 1.165) is 32.1 Å². The van der Waals surface area contributed by atoms with Gasteiger partial charge in [-0.15, -0.1) is 0 Å². The lowest BCUT2D eigenvalue weighted by Crippen LogP contribution is -2.54. The second-order valence-corrected chi connectivity index (χ2v) is 13.1. The standard InChI is InChI=1S/C28H44O6/c1-16(29)20-8-9-21-19-7-6-18-14-17(15-23(24(30)31)34-25(32)26(2,3)33)10-12-27(18,4)22(19)11-13-28(20,21)5/h17-23,33H,6-15H2,1-5H3,(H,30,31)/t17-,18-,19-,20+,21-,22-,23?,27-,28+/m0/s1. The molecule has 0 spiro atoms. The van der Waals surface area contributed by atoms with Crippen molar-refractivity contribution in [3.8, 4) is 0 Å². The van der Waals surface area contributed by atoms with E-state index in [0.29, 0.717) is 35.9 Å². The predicted octanol–water partition coefficient (Wildman–Crippen LogP) is 5.01. The Hall–Kier alpha value is -1.43. The average Bonchev–Trinajstić information content (AvgIpc) is 3.10. The summed E-state index contributed by atoms with van der Waals surface area (Å²) >= 11 is 0. The molecule has 9 atom stereocenters. The molecule has 0 aliphatic heterocycles. The number of hydrogen-bond donors (Lipinski definition) is 2. The fourth-order valence-corrected chi connectivity index (χ4v) is 9.00. The van der Waals surface area contributed by atoms with E-state index in [1.807, 2.05) is 0 Å². The Balaban J connectivity index is 1.43. The molecule has 0 amide bonds. The molecule has 0 bridgehead atoms. The quantitative estimate of drug-likeness (QED) is 0.523. The fourth-order valence-electron chi connectivity index (χ4n) is 9.00. The number of ether oxygens (including phenoxy) is 1. The van der Waals surface area contributed by atoms with Crippen molar-refractivity contribution in [2.24, 2.45) is 46.3 Å². The SMILES string of the molecule is CC(=O)[C@H]1CC[C@H]2[C@@H]3CC[C@H]4C[C@@H](CC(OC(=O)C(C)(C)O)C(=O)O)CC[C@]4(C)[C@H]3CC[C@]12C. The number of aliphatic carboxylic acids is 1. The maximum Gasteiger partial charge on any atom is 0.345 e. The Bertz CT molecular complexity index is 829. The number of rotatable bonds is 6. The van der Waals surface area contributed by atoms with Gasteiger partial charge in [0.1, 0.15) is 5.78 Å². The Labute approximate surface area is 204 Å². The topological polar surface area (TPSA) is 101 Å². The zero-order valence-electron chi connectivity index (χ0n) is 21.6. The summed E-state index contributed by atoms with van der Waals surface area (Å²) in [5.41, 5.74) is -1.25. The van der Waals surface area contributed by atoms with Gasteiger partial charge >= 0.3 is 11.9 Å². The summed E-state index contributed by atoms with van der Waals surface area (Å²) in [6.07, 6.45) is 9.16. The third kappa shape index (κ3) is 4.33. The number of ketones is 1. The number of carboxylic acids is 1. The first-order chi connectivity index (χ1) is 15.8. The first kappa shape index (κ1) is 25.7. The number of carbonyl (C=O) groups excluding carboxylic acids is 2. The van der Waals surface area contributed by atoms with Crippen molar-refractivity contribution < 1.29 is 29.3 Å². The van der Waals surface area contributed by atoms with Crippen LogP contribution < -0.4 is 0 Å². The van der Waals surface area contributed by atoms with E-state index in [4.69, 9.17) is 4.74 Å². The Morgan fingerprint density at radius 1 is 0.971 bits per heavy atom. The highest BCUT2D eigenvalue weighted by molar-refractivity contribution is 5.82. The molecule has 0 aromatic rings. The normalized spacial score (nSPS) is 42.6. The van der Waals surface area contributed by atoms with Crippen molar-refractivity contribution in [3.05, 3.63) is 0 Å². The molecule has 6 nitrogen and oxygen atoms in total. The number of hydrogen-bond acceptors (Lipinski definition) is 5.